The zero-order valence-electron chi connectivity index (χ0n) is 15.9. The molecule has 1 heterocycles. The van der Waals surface area contributed by atoms with Crippen molar-refractivity contribution in [1.82, 2.24) is 4.72 Å². The third kappa shape index (κ3) is 5.41. The van der Waals surface area contributed by atoms with E-state index in [1.807, 2.05) is 0 Å². The predicted octanol–water partition coefficient (Wildman–Crippen LogP) is 2.18. The van der Waals surface area contributed by atoms with Crippen molar-refractivity contribution in [3.63, 3.8) is 0 Å². The fourth-order valence-electron chi connectivity index (χ4n) is 2.92. The molecule has 2 aromatic carbocycles. The second kappa shape index (κ2) is 9.17. The second-order valence-electron chi connectivity index (χ2n) is 6.54. The van der Waals surface area contributed by atoms with Gasteiger partial charge in [-0.1, -0.05) is 6.07 Å². The standard InChI is InChI=1S/C20H22N2O6S/c1-27-20(24)15-4-2-5-16(12-15)22-19(23)14-7-9-18(10-8-14)29(25,26)21-13-17-6-3-11-28-17/h2,4-5,7-10,12,17,21H,3,6,11,13H2,1H3,(H,22,23)/t17-/m1/s1. The van der Waals surface area contributed by atoms with E-state index in [0.29, 0.717) is 17.9 Å². The summed E-state index contributed by atoms with van der Waals surface area (Å²) in [5, 5.41) is 2.67. The molecule has 29 heavy (non-hydrogen) atoms. The molecule has 0 aliphatic carbocycles. The van der Waals surface area contributed by atoms with Crippen molar-refractivity contribution in [3.05, 3.63) is 59.7 Å². The number of hydrogen-bond acceptors (Lipinski definition) is 6. The van der Waals surface area contributed by atoms with Gasteiger partial charge in [0.15, 0.2) is 0 Å². The van der Waals surface area contributed by atoms with Crippen LogP contribution in [0.1, 0.15) is 33.6 Å². The average Bonchev–Trinajstić information content (AvgIpc) is 3.26. The molecule has 8 nitrogen and oxygen atoms in total. The number of esters is 1. The Morgan fingerprint density at radius 3 is 2.55 bits per heavy atom. The molecule has 1 fully saturated rings. The SMILES string of the molecule is COC(=O)c1cccc(NC(=O)c2ccc(S(=O)(=O)NC[C@H]3CCCO3)cc2)c1. The van der Waals surface area contributed by atoms with E-state index in [-0.39, 0.29) is 23.1 Å². The zero-order chi connectivity index (χ0) is 20.9. The predicted molar refractivity (Wildman–Crippen MR) is 106 cm³/mol. The van der Waals surface area contributed by atoms with E-state index in [1.54, 1.807) is 18.2 Å². The Morgan fingerprint density at radius 2 is 1.90 bits per heavy atom. The molecule has 0 aromatic heterocycles. The van der Waals surface area contributed by atoms with Gasteiger partial charge in [0, 0.05) is 24.4 Å². The number of hydrogen-bond donors (Lipinski definition) is 2. The minimum absolute atomic E-state index is 0.0692. The van der Waals surface area contributed by atoms with Gasteiger partial charge in [-0.15, -0.1) is 0 Å². The van der Waals surface area contributed by atoms with Crippen LogP contribution in [0, 0.1) is 0 Å². The van der Waals surface area contributed by atoms with Gasteiger partial charge in [0.2, 0.25) is 10.0 Å². The molecule has 1 saturated heterocycles. The first kappa shape index (κ1) is 21.0. The molecule has 1 aliphatic rings. The Hall–Kier alpha value is -2.75. The Balaban J connectivity index is 1.64. The Bertz CT molecular complexity index is 982. The lowest BCUT2D eigenvalue weighted by Gasteiger charge is -2.12. The summed E-state index contributed by atoms with van der Waals surface area (Å²) in [7, 11) is -2.40. The molecule has 0 radical (unpaired) electrons. The first-order valence-electron chi connectivity index (χ1n) is 9.10. The third-order valence-electron chi connectivity index (χ3n) is 4.49. The molecule has 1 atom stereocenters. The molecular formula is C20H22N2O6S. The van der Waals surface area contributed by atoms with E-state index >= 15 is 0 Å². The fourth-order valence-corrected chi connectivity index (χ4v) is 3.99. The summed E-state index contributed by atoms with van der Waals surface area (Å²) in [6.07, 6.45) is 1.66. The molecule has 0 spiro atoms. The Kier molecular flexibility index (Phi) is 6.63. The van der Waals surface area contributed by atoms with Gasteiger partial charge in [0.1, 0.15) is 0 Å². The highest BCUT2D eigenvalue weighted by Gasteiger charge is 2.20. The lowest BCUT2D eigenvalue weighted by atomic mass is 10.1. The highest BCUT2D eigenvalue weighted by Crippen LogP contribution is 2.16. The van der Waals surface area contributed by atoms with Crippen LogP contribution in [0.25, 0.3) is 0 Å². The van der Waals surface area contributed by atoms with Gasteiger partial charge in [0.25, 0.3) is 5.91 Å². The molecule has 0 unspecified atom stereocenters. The number of amides is 1. The monoisotopic (exact) mass is 418 g/mol. The van der Waals surface area contributed by atoms with Crippen LogP contribution in [-0.2, 0) is 19.5 Å². The van der Waals surface area contributed by atoms with Crippen LogP contribution >= 0.6 is 0 Å². The van der Waals surface area contributed by atoms with Crippen molar-refractivity contribution in [2.45, 2.75) is 23.8 Å². The average molecular weight is 418 g/mol. The zero-order valence-corrected chi connectivity index (χ0v) is 16.7. The lowest BCUT2D eigenvalue weighted by molar-refractivity contribution is 0.0600. The smallest absolute Gasteiger partial charge is 0.337 e. The molecule has 3 rings (SSSR count). The van der Waals surface area contributed by atoms with E-state index < -0.39 is 21.9 Å². The number of carbonyl (C=O) groups excluding carboxylic acids is 2. The maximum atomic E-state index is 12.4. The summed E-state index contributed by atoms with van der Waals surface area (Å²) in [6.45, 7) is 0.875. The van der Waals surface area contributed by atoms with Gasteiger partial charge in [-0.25, -0.2) is 17.9 Å². The Labute approximate surface area is 169 Å². The summed E-state index contributed by atoms with van der Waals surface area (Å²) in [5.41, 5.74) is 1.02. The van der Waals surface area contributed by atoms with Gasteiger partial charge in [-0.2, -0.15) is 0 Å². The van der Waals surface area contributed by atoms with Crippen LogP contribution in [0.15, 0.2) is 53.4 Å². The molecular weight excluding hydrogens is 396 g/mol. The number of sulfonamides is 1. The van der Waals surface area contributed by atoms with Gasteiger partial charge in [-0.3, -0.25) is 4.79 Å². The third-order valence-corrected chi connectivity index (χ3v) is 5.93. The summed E-state index contributed by atoms with van der Waals surface area (Å²) in [4.78, 5) is 24.1. The minimum Gasteiger partial charge on any atom is -0.465 e. The van der Waals surface area contributed by atoms with E-state index in [4.69, 9.17) is 4.74 Å². The van der Waals surface area contributed by atoms with Crippen molar-refractivity contribution in [2.75, 3.05) is 25.6 Å². The largest absolute Gasteiger partial charge is 0.465 e. The van der Waals surface area contributed by atoms with Crippen LogP contribution in [0.4, 0.5) is 5.69 Å². The first-order valence-corrected chi connectivity index (χ1v) is 10.6. The Morgan fingerprint density at radius 1 is 1.14 bits per heavy atom. The van der Waals surface area contributed by atoms with E-state index in [0.717, 1.165) is 12.8 Å². The first-order chi connectivity index (χ1) is 13.9. The lowest BCUT2D eigenvalue weighted by Crippen LogP contribution is -2.31. The second-order valence-corrected chi connectivity index (χ2v) is 8.30. The molecule has 1 aliphatic heterocycles. The molecule has 9 heteroatoms. The molecule has 154 valence electrons. The highest BCUT2D eigenvalue weighted by atomic mass is 32.2. The number of benzene rings is 2. The topological polar surface area (TPSA) is 111 Å². The van der Waals surface area contributed by atoms with Crippen molar-refractivity contribution in [1.29, 1.82) is 0 Å². The van der Waals surface area contributed by atoms with Crippen LogP contribution in [0.3, 0.4) is 0 Å². The normalized spacial score (nSPS) is 16.4. The van der Waals surface area contributed by atoms with Crippen molar-refractivity contribution in [2.24, 2.45) is 0 Å². The molecule has 1 amide bonds. The molecule has 2 N–H and O–H groups in total. The molecule has 2 aromatic rings. The van der Waals surface area contributed by atoms with Crippen molar-refractivity contribution < 1.29 is 27.5 Å². The summed E-state index contributed by atoms with van der Waals surface area (Å²) in [5.74, 6) is -0.936. The summed E-state index contributed by atoms with van der Waals surface area (Å²) >= 11 is 0. The van der Waals surface area contributed by atoms with Crippen LogP contribution in [0.2, 0.25) is 0 Å². The molecule has 0 bridgehead atoms. The number of anilines is 1. The number of nitrogens with one attached hydrogen (secondary N) is 2. The summed E-state index contributed by atoms with van der Waals surface area (Å²) < 4.78 is 37.4. The van der Waals surface area contributed by atoms with E-state index in [1.165, 1.54) is 37.4 Å². The van der Waals surface area contributed by atoms with Gasteiger partial charge in [0.05, 0.1) is 23.7 Å². The van der Waals surface area contributed by atoms with E-state index in [9.17, 15) is 18.0 Å². The van der Waals surface area contributed by atoms with Crippen LogP contribution in [-0.4, -0.2) is 46.7 Å². The van der Waals surface area contributed by atoms with Crippen molar-refractivity contribution >= 4 is 27.6 Å². The van der Waals surface area contributed by atoms with Crippen LogP contribution < -0.4 is 10.0 Å². The number of methoxy groups -OCH3 is 1. The minimum atomic E-state index is -3.68. The van der Waals surface area contributed by atoms with E-state index in [2.05, 4.69) is 14.8 Å². The number of carbonyl (C=O) groups is 2. The maximum absolute atomic E-state index is 12.4. The van der Waals surface area contributed by atoms with Gasteiger partial charge < -0.3 is 14.8 Å². The van der Waals surface area contributed by atoms with Gasteiger partial charge >= 0.3 is 5.97 Å². The highest BCUT2D eigenvalue weighted by molar-refractivity contribution is 7.89. The van der Waals surface area contributed by atoms with Crippen LogP contribution in [0.5, 0.6) is 0 Å². The number of ether oxygens (including phenoxy) is 2. The quantitative estimate of drug-likeness (QED) is 0.667. The summed E-state index contributed by atoms with van der Waals surface area (Å²) in [6, 6.07) is 11.9. The fraction of sp³-hybridized carbons (Fsp3) is 0.300. The van der Waals surface area contributed by atoms with Gasteiger partial charge in [-0.05, 0) is 55.3 Å². The molecule has 0 saturated carbocycles. The van der Waals surface area contributed by atoms with Crippen molar-refractivity contribution in [3.8, 4) is 0 Å². The maximum Gasteiger partial charge on any atom is 0.337 e. The number of rotatable bonds is 7.